The molecule has 10 nitrogen and oxygen atoms in total. The highest BCUT2D eigenvalue weighted by Crippen LogP contribution is 2.35. The zero-order valence-electron chi connectivity index (χ0n) is 39.7. The topological polar surface area (TPSA) is 136 Å². The third-order valence-corrected chi connectivity index (χ3v) is 11.4. The summed E-state index contributed by atoms with van der Waals surface area (Å²) in [5.41, 5.74) is 6.98. The van der Waals surface area contributed by atoms with Gasteiger partial charge in [-0.25, -0.2) is 29.9 Å². The molecule has 0 aliphatic heterocycles. The maximum Gasteiger partial charge on any atom is 0.167 e. The first-order chi connectivity index (χ1) is 33.3. The number of nitrogens with zero attached hydrogens (tertiary/aromatic N) is 6. The van der Waals surface area contributed by atoms with Gasteiger partial charge in [0, 0.05) is 34.4 Å². The Morgan fingerprint density at radius 3 is 1.13 bits per heavy atom. The minimum absolute atomic E-state index is 0.0836. The van der Waals surface area contributed by atoms with Gasteiger partial charge in [-0.05, 0) is 56.5 Å². The van der Waals surface area contributed by atoms with E-state index in [9.17, 15) is 10.2 Å². The Bertz CT molecular complexity index is 2770. The minimum atomic E-state index is 0.0836. The summed E-state index contributed by atoms with van der Waals surface area (Å²) in [4.78, 5) is 28.3. The molecule has 2 aromatic heterocycles. The molecule has 10 heteroatoms. The third kappa shape index (κ3) is 13.6. The number of benzene rings is 6. The molecule has 6 aromatic carbocycles. The quantitative estimate of drug-likeness (QED) is 0.0711. The Morgan fingerprint density at radius 2 is 0.721 bits per heavy atom. The Balaban J connectivity index is 0.000000203. The zero-order chi connectivity index (χ0) is 47.5. The second kappa shape index (κ2) is 24.9. The number of aromatic nitrogens is 6. The van der Waals surface area contributed by atoms with Crippen molar-refractivity contribution in [3.05, 3.63) is 157 Å². The lowest BCUT2D eigenvalue weighted by Gasteiger charge is -2.12. The van der Waals surface area contributed by atoms with Gasteiger partial charge in [-0.3, -0.25) is 0 Å². The lowest BCUT2D eigenvalue weighted by Crippen LogP contribution is -2.02. The Hall–Kier alpha value is -7.46. The van der Waals surface area contributed by atoms with Crippen molar-refractivity contribution in [2.24, 2.45) is 0 Å². The number of ether oxygens (including phenoxy) is 2. The highest BCUT2D eigenvalue weighted by atomic mass is 16.5. The van der Waals surface area contributed by atoms with E-state index in [0.29, 0.717) is 70.8 Å². The van der Waals surface area contributed by atoms with Crippen molar-refractivity contribution in [1.82, 2.24) is 29.9 Å². The molecule has 0 bridgehead atoms. The molecule has 0 unspecified atom stereocenters. The molecule has 0 aliphatic rings. The van der Waals surface area contributed by atoms with E-state index in [2.05, 4.69) is 54.8 Å². The predicted molar refractivity (Wildman–Crippen MR) is 274 cm³/mol. The van der Waals surface area contributed by atoms with E-state index in [-0.39, 0.29) is 11.5 Å². The largest absolute Gasteiger partial charge is 0.507 e. The molecule has 0 fully saturated rings. The summed E-state index contributed by atoms with van der Waals surface area (Å²) in [5, 5.41) is 21.6. The summed E-state index contributed by atoms with van der Waals surface area (Å²) in [6.07, 6.45) is 11.8. The lowest BCUT2D eigenvalue weighted by molar-refractivity contribution is 0.303. The number of phenolic OH excluding ortho intramolecular Hbond substituents is 2. The average Bonchev–Trinajstić information content (AvgIpc) is 3.37. The van der Waals surface area contributed by atoms with Crippen LogP contribution >= 0.6 is 0 Å². The van der Waals surface area contributed by atoms with Crippen LogP contribution in [0.1, 0.15) is 89.2 Å². The number of aryl methyl sites for hydroxylation is 2. The van der Waals surface area contributed by atoms with Crippen LogP contribution in [-0.2, 0) is 0 Å². The van der Waals surface area contributed by atoms with Crippen LogP contribution in [0.15, 0.2) is 146 Å². The molecule has 8 aromatic rings. The van der Waals surface area contributed by atoms with Crippen LogP contribution in [0.25, 0.3) is 68.3 Å². The SMILES string of the molecule is CCCCCCCCOc1ccc(-c2nc(-c3ccccc3)nc(-c3ccc(C)cc3C)n2)c(O)c1.CCCCCCOc1ccc(-c2nc(-c3ccccc3)nc(-c3ccccc3)n2)c(O)c1. The Morgan fingerprint density at radius 1 is 0.368 bits per heavy atom. The van der Waals surface area contributed by atoms with Gasteiger partial charge in [0.15, 0.2) is 34.9 Å². The van der Waals surface area contributed by atoms with Gasteiger partial charge in [0.2, 0.25) is 0 Å². The second-order valence-electron chi connectivity index (χ2n) is 16.9. The van der Waals surface area contributed by atoms with Gasteiger partial charge >= 0.3 is 0 Å². The van der Waals surface area contributed by atoms with Gasteiger partial charge in [0.05, 0.1) is 24.3 Å². The number of aromatic hydroxyl groups is 2. The standard InChI is InChI=1S/C31H35N3O2.C27H27N3O2/c1-4-5-6-7-8-12-19-36-25-16-18-27(28(35)21-25)31-33-29(24-13-10-9-11-14-24)32-30(34-31)26-17-15-22(2)20-23(26)3;1-2-3-4-11-18-32-22-16-17-23(24(31)19-22)27-29-25(20-12-7-5-8-13-20)28-26(30-27)21-14-9-6-10-15-21/h9-11,13-18,20-21,35H,4-8,12,19H2,1-3H3;5-10,12-17,19,31H,2-4,11,18H2,1H3. The van der Waals surface area contributed by atoms with Gasteiger partial charge in [-0.15, -0.1) is 0 Å². The molecule has 68 heavy (non-hydrogen) atoms. The van der Waals surface area contributed by atoms with Crippen molar-refractivity contribution in [2.45, 2.75) is 91.9 Å². The Kier molecular flexibility index (Phi) is 17.7. The molecule has 2 heterocycles. The average molecular weight is 907 g/mol. The molecule has 0 amide bonds. The number of rotatable bonds is 20. The first-order valence-electron chi connectivity index (χ1n) is 24.0. The van der Waals surface area contributed by atoms with Crippen molar-refractivity contribution in [3.63, 3.8) is 0 Å². The van der Waals surface area contributed by atoms with Crippen LogP contribution in [0.2, 0.25) is 0 Å². The predicted octanol–water partition coefficient (Wildman–Crippen LogP) is 14.5. The van der Waals surface area contributed by atoms with Gasteiger partial charge in [-0.1, -0.05) is 180 Å². The van der Waals surface area contributed by atoms with Gasteiger partial charge in [0.25, 0.3) is 0 Å². The van der Waals surface area contributed by atoms with Crippen LogP contribution in [-0.4, -0.2) is 53.3 Å². The number of unbranched alkanes of at least 4 members (excludes halogenated alkanes) is 8. The molecular formula is C58H62N6O4. The molecule has 0 aliphatic carbocycles. The third-order valence-electron chi connectivity index (χ3n) is 11.4. The first-order valence-corrected chi connectivity index (χ1v) is 24.0. The molecule has 0 spiro atoms. The lowest BCUT2D eigenvalue weighted by atomic mass is 10.0. The van der Waals surface area contributed by atoms with E-state index < -0.39 is 0 Å². The molecule has 8 rings (SSSR count). The van der Waals surface area contributed by atoms with Crippen LogP contribution in [0.3, 0.4) is 0 Å². The molecule has 348 valence electrons. The van der Waals surface area contributed by atoms with Crippen molar-refractivity contribution >= 4 is 0 Å². The van der Waals surface area contributed by atoms with E-state index in [1.165, 1.54) is 50.5 Å². The molecule has 2 N–H and O–H groups in total. The summed E-state index contributed by atoms with van der Waals surface area (Å²) in [6, 6.07) is 46.2. The molecule has 0 saturated heterocycles. The summed E-state index contributed by atoms with van der Waals surface area (Å²) < 4.78 is 11.7. The monoisotopic (exact) mass is 906 g/mol. The number of phenols is 2. The minimum Gasteiger partial charge on any atom is -0.507 e. The summed E-state index contributed by atoms with van der Waals surface area (Å²) >= 11 is 0. The van der Waals surface area contributed by atoms with Crippen molar-refractivity contribution in [3.8, 4) is 91.3 Å². The van der Waals surface area contributed by atoms with Crippen molar-refractivity contribution in [2.75, 3.05) is 13.2 Å². The van der Waals surface area contributed by atoms with Crippen molar-refractivity contribution < 1.29 is 19.7 Å². The molecule has 0 saturated carbocycles. The van der Waals surface area contributed by atoms with Gasteiger partial charge < -0.3 is 19.7 Å². The van der Waals surface area contributed by atoms with Crippen LogP contribution < -0.4 is 9.47 Å². The van der Waals surface area contributed by atoms with Crippen LogP contribution in [0, 0.1) is 13.8 Å². The van der Waals surface area contributed by atoms with Crippen molar-refractivity contribution in [1.29, 1.82) is 0 Å². The van der Waals surface area contributed by atoms with Gasteiger partial charge in [0.1, 0.15) is 23.0 Å². The second-order valence-corrected chi connectivity index (χ2v) is 16.9. The molecule has 0 radical (unpaired) electrons. The molecule has 0 atom stereocenters. The van der Waals surface area contributed by atoms with E-state index in [0.717, 1.165) is 47.1 Å². The fourth-order valence-electron chi connectivity index (χ4n) is 7.70. The maximum atomic E-state index is 10.9. The fraction of sp³-hybridized carbons (Fsp3) is 0.276. The van der Waals surface area contributed by atoms with E-state index >= 15 is 0 Å². The summed E-state index contributed by atoms with van der Waals surface area (Å²) in [6.45, 7) is 9.82. The highest BCUT2D eigenvalue weighted by Gasteiger charge is 2.18. The fourth-order valence-corrected chi connectivity index (χ4v) is 7.70. The van der Waals surface area contributed by atoms with Crippen LogP contribution in [0.4, 0.5) is 0 Å². The Labute approximate surface area is 401 Å². The number of hydrogen-bond acceptors (Lipinski definition) is 10. The number of hydrogen-bond donors (Lipinski definition) is 2. The van der Waals surface area contributed by atoms with Crippen LogP contribution in [0.5, 0.6) is 23.0 Å². The summed E-state index contributed by atoms with van der Waals surface area (Å²) in [5.74, 6) is 4.59. The smallest absolute Gasteiger partial charge is 0.167 e. The van der Waals surface area contributed by atoms with E-state index in [4.69, 9.17) is 24.4 Å². The highest BCUT2D eigenvalue weighted by molar-refractivity contribution is 5.72. The van der Waals surface area contributed by atoms with Gasteiger partial charge in [-0.2, -0.15) is 0 Å². The van der Waals surface area contributed by atoms with E-state index in [1.54, 1.807) is 18.2 Å². The van der Waals surface area contributed by atoms with E-state index in [1.807, 2.05) is 115 Å². The normalized spacial score (nSPS) is 10.9. The first kappa shape index (κ1) is 48.5. The zero-order valence-corrected chi connectivity index (χ0v) is 39.7. The molecular weight excluding hydrogens is 845 g/mol. The maximum absolute atomic E-state index is 10.9. The summed E-state index contributed by atoms with van der Waals surface area (Å²) in [7, 11) is 0.